The van der Waals surface area contributed by atoms with Gasteiger partial charge in [0, 0.05) is 23.2 Å². The van der Waals surface area contributed by atoms with Gasteiger partial charge in [-0.1, -0.05) is 18.2 Å². The number of aliphatic hydroxyl groups is 2. The predicted octanol–water partition coefficient (Wildman–Crippen LogP) is 2.83. The number of hydrogen-bond donors (Lipinski definition) is 3. The van der Waals surface area contributed by atoms with Gasteiger partial charge in [0.25, 0.3) is 0 Å². The van der Waals surface area contributed by atoms with Gasteiger partial charge in [0.2, 0.25) is 0 Å². The molecule has 0 spiro atoms. The maximum atomic E-state index is 10.5. The van der Waals surface area contributed by atoms with Crippen molar-refractivity contribution in [3.8, 4) is 0 Å². The number of nitrogens with zero attached hydrogens (tertiary/aromatic N) is 5. The van der Waals surface area contributed by atoms with Crippen LogP contribution in [0.15, 0.2) is 47.9 Å². The summed E-state index contributed by atoms with van der Waals surface area (Å²) in [4.78, 5) is 13.4. The summed E-state index contributed by atoms with van der Waals surface area (Å²) < 4.78 is 7.29. The van der Waals surface area contributed by atoms with Crippen molar-refractivity contribution < 1.29 is 14.9 Å². The summed E-state index contributed by atoms with van der Waals surface area (Å²) in [6.07, 6.45) is 0.875. The second-order valence-electron chi connectivity index (χ2n) is 8.11. The number of halogens is 2. The minimum Gasteiger partial charge on any atom is -0.387 e. The van der Waals surface area contributed by atoms with Gasteiger partial charge in [-0.3, -0.25) is 4.57 Å². The lowest BCUT2D eigenvalue weighted by atomic mass is 10.1. The van der Waals surface area contributed by atoms with Crippen LogP contribution in [0.4, 0.5) is 5.82 Å². The number of fused-ring (bicyclic) bond motifs is 1. The molecule has 2 aromatic heterocycles. The Morgan fingerprint density at radius 2 is 1.94 bits per heavy atom. The summed E-state index contributed by atoms with van der Waals surface area (Å²) in [6.45, 7) is 1.75. The molecule has 5 rings (SSSR count). The highest BCUT2D eigenvalue weighted by molar-refractivity contribution is 8.00. The number of alkyl halides is 2. The van der Waals surface area contributed by atoms with E-state index in [9.17, 15) is 10.2 Å². The van der Waals surface area contributed by atoms with Crippen molar-refractivity contribution in [2.45, 2.75) is 52.4 Å². The van der Waals surface area contributed by atoms with Crippen molar-refractivity contribution >= 4 is 51.9 Å². The smallest absolute Gasteiger partial charge is 0.172 e. The highest BCUT2D eigenvalue weighted by Crippen LogP contribution is 2.36. The van der Waals surface area contributed by atoms with Gasteiger partial charge in [-0.25, -0.2) is 20.0 Å². The van der Waals surface area contributed by atoms with E-state index in [1.807, 2.05) is 17.8 Å². The molecule has 0 amide bonds. The van der Waals surface area contributed by atoms with Crippen LogP contribution in [0.2, 0.25) is 0 Å². The quantitative estimate of drug-likeness (QED) is 0.431. The topological polar surface area (TPSA) is 109 Å². The molecule has 2 fully saturated rings. The molecule has 12 heteroatoms. The molecule has 1 aromatic carbocycles. The molecule has 0 saturated carbocycles. The lowest BCUT2D eigenvalue weighted by Gasteiger charge is -2.32. The SMILES string of the molecule is OC1C(O)[C@H](n2cnc3c(NN4CCCC(Sc5ccccc5)C4)ncnc32)O[C@@H]1C(Cl)Cl. The zero-order valence-corrected chi connectivity index (χ0v) is 19.9. The molecule has 3 aromatic rings. The first kappa shape index (κ1) is 23.1. The monoisotopic (exact) mass is 510 g/mol. The number of imidazole rings is 1. The summed E-state index contributed by atoms with van der Waals surface area (Å²) in [6, 6.07) is 10.4. The van der Waals surface area contributed by atoms with E-state index in [-0.39, 0.29) is 0 Å². The zero-order valence-electron chi connectivity index (χ0n) is 17.5. The summed E-state index contributed by atoms with van der Waals surface area (Å²) in [5.41, 5.74) is 4.40. The highest BCUT2D eigenvalue weighted by atomic mass is 35.5. The van der Waals surface area contributed by atoms with E-state index in [1.165, 1.54) is 17.6 Å². The normalized spacial score (nSPS) is 28.6. The number of ether oxygens (including phenoxy) is 1. The fourth-order valence-corrected chi connectivity index (χ4v) is 5.88. The fraction of sp³-hybridized carbons (Fsp3) is 0.476. The number of hydrogen-bond acceptors (Lipinski definition) is 9. The van der Waals surface area contributed by atoms with E-state index in [0.29, 0.717) is 22.2 Å². The Morgan fingerprint density at radius 3 is 2.70 bits per heavy atom. The number of aromatic nitrogens is 4. The van der Waals surface area contributed by atoms with Crippen LogP contribution < -0.4 is 5.43 Å². The van der Waals surface area contributed by atoms with Crippen LogP contribution >= 0.6 is 35.0 Å². The summed E-state index contributed by atoms with van der Waals surface area (Å²) in [5.74, 6) is 0.571. The first-order valence-corrected chi connectivity index (χ1v) is 12.5. The van der Waals surface area contributed by atoms with Crippen molar-refractivity contribution in [2.75, 3.05) is 18.5 Å². The third-order valence-electron chi connectivity index (χ3n) is 5.84. The Kier molecular flexibility index (Phi) is 6.94. The molecule has 0 bridgehead atoms. The summed E-state index contributed by atoms with van der Waals surface area (Å²) in [7, 11) is 0. The van der Waals surface area contributed by atoms with Crippen molar-refractivity contribution in [3.63, 3.8) is 0 Å². The number of hydrazine groups is 1. The van der Waals surface area contributed by atoms with Gasteiger partial charge in [-0.2, -0.15) is 0 Å². The maximum absolute atomic E-state index is 10.5. The third-order valence-corrected chi connectivity index (χ3v) is 7.60. The highest BCUT2D eigenvalue weighted by Gasteiger charge is 2.47. The van der Waals surface area contributed by atoms with Crippen LogP contribution in [0.5, 0.6) is 0 Å². The lowest BCUT2D eigenvalue weighted by molar-refractivity contribution is -0.0312. The average Bonchev–Trinajstić information content (AvgIpc) is 3.37. The van der Waals surface area contributed by atoms with Gasteiger partial charge in [0.15, 0.2) is 23.2 Å². The van der Waals surface area contributed by atoms with E-state index in [0.717, 1.165) is 25.9 Å². The molecule has 176 valence electrons. The van der Waals surface area contributed by atoms with Crippen LogP contribution in [-0.2, 0) is 4.74 Å². The standard InChI is InChI=1S/C21H24Cl2N6O3S/c22-18(23)17-15(30)16(31)21(32-17)29-11-26-14-19(24-10-25-20(14)29)27-28-8-4-7-13(9-28)33-12-5-2-1-3-6-12/h1-3,5-6,10-11,13,15-18,21,30-31H,4,7-9H2,(H,24,25,27)/t13?,15?,16?,17-,21+/m0/s1. The molecule has 3 unspecified atom stereocenters. The Morgan fingerprint density at radius 1 is 1.12 bits per heavy atom. The minimum atomic E-state index is -1.23. The van der Waals surface area contributed by atoms with Gasteiger partial charge in [-0.15, -0.1) is 35.0 Å². The summed E-state index contributed by atoms with van der Waals surface area (Å²) in [5, 5.41) is 23.3. The number of anilines is 1. The van der Waals surface area contributed by atoms with E-state index in [2.05, 4.69) is 49.7 Å². The molecule has 2 aliphatic heterocycles. The van der Waals surface area contributed by atoms with E-state index >= 15 is 0 Å². The predicted molar refractivity (Wildman–Crippen MR) is 127 cm³/mol. The van der Waals surface area contributed by atoms with Crippen LogP contribution in [0.25, 0.3) is 11.2 Å². The average molecular weight is 511 g/mol. The Bertz CT molecular complexity index is 1090. The molecule has 4 heterocycles. The van der Waals surface area contributed by atoms with Crippen LogP contribution in [0.3, 0.4) is 0 Å². The Hall–Kier alpha value is -1.66. The maximum Gasteiger partial charge on any atom is 0.172 e. The van der Waals surface area contributed by atoms with Crippen molar-refractivity contribution in [3.05, 3.63) is 43.0 Å². The molecular formula is C21H24Cl2N6O3S. The molecule has 2 aliphatic rings. The van der Waals surface area contributed by atoms with Gasteiger partial charge < -0.3 is 20.4 Å². The Labute approximate surface area is 205 Å². The van der Waals surface area contributed by atoms with E-state index < -0.39 is 29.4 Å². The van der Waals surface area contributed by atoms with Crippen molar-refractivity contribution in [2.24, 2.45) is 0 Å². The van der Waals surface area contributed by atoms with E-state index in [4.69, 9.17) is 27.9 Å². The fourth-order valence-electron chi connectivity index (χ4n) is 4.22. The number of aliphatic hydroxyl groups excluding tert-OH is 2. The number of nitrogens with one attached hydrogen (secondary N) is 1. The number of piperidine rings is 1. The molecule has 5 atom stereocenters. The Balaban J connectivity index is 1.32. The first-order chi connectivity index (χ1) is 16.0. The molecule has 3 N–H and O–H groups in total. The first-order valence-electron chi connectivity index (χ1n) is 10.7. The minimum absolute atomic E-state index is 0.461. The summed E-state index contributed by atoms with van der Waals surface area (Å²) >= 11 is 13.7. The van der Waals surface area contributed by atoms with Gasteiger partial charge in [0.1, 0.15) is 29.5 Å². The van der Waals surface area contributed by atoms with Gasteiger partial charge in [0.05, 0.1) is 6.33 Å². The van der Waals surface area contributed by atoms with Gasteiger partial charge in [-0.05, 0) is 25.0 Å². The van der Waals surface area contributed by atoms with Crippen LogP contribution in [0, 0.1) is 0 Å². The number of thioether (sulfide) groups is 1. The molecule has 0 aliphatic carbocycles. The largest absolute Gasteiger partial charge is 0.387 e. The second kappa shape index (κ2) is 9.91. The van der Waals surface area contributed by atoms with Crippen LogP contribution in [-0.4, -0.2) is 76.2 Å². The zero-order chi connectivity index (χ0) is 22.9. The van der Waals surface area contributed by atoms with Crippen molar-refractivity contribution in [1.29, 1.82) is 0 Å². The van der Waals surface area contributed by atoms with Crippen molar-refractivity contribution in [1.82, 2.24) is 24.5 Å². The molecule has 0 radical (unpaired) electrons. The number of rotatable bonds is 6. The molecule has 9 nitrogen and oxygen atoms in total. The van der Waals surface area contributed by atoms with Crippen LogP contribution in [0.1, 0.15) is 19.1 Å². The molecular weight excluding hydrogens is 487 g/mol. The number of benzene rings is 1. The lowest BCUT2D eigenvalue weighted by Crippen LogP contribution is -2.41. The third kappa shape index (κ3) is 4.79. The second-order valence-corrected chi connectivity index (χ2v) is 10.6. The van der Waals surface area contributed by atoms with Gasteiger partial charge >= 0.3 is 0 Å². The van der Waals surface area contributed by atoms with E-state index in [1.54, 1.807) is 4.57 Å². The molecule has 33 heavy (non-hydrogen) atoms. The molecule has 2 saturated heterocycles.